The highest BCUT2D eigenvalue weighted by Gasteiger charge is 2.34. The molecule has 2 heterocycles. The lowest BCUT2D eigenvalue weighted by molar-refractivity contribution is 0.112. The minimum Gasteiger partial charge on any atom is -0.303 e. The standard InChI is InChI=1S/C11H17N3.H2O4S/c1-14-4-2-3-8-5-10-9(6-11(8)14)7-12-13-10;1-5(2,3)4/h7-8,11H,2-6H2,1H3,(H,12,13);(H2,1,2,3,4)/t8-,11-;/m0./s1. The summed E-state index contributed by atoms with van der Waals surface area (Å²) >= 11 is 0. The third-order valence-electron chi connectivity index (χ3n) is 3.89. The zero-order valence-electron chi connectivity index (χ0n) is 10.8. The van der Waals surface area contributed by atoms with E-state index in [1.54, 1.807) is 0 Å². The quantitative estimate of drug-likeness (QED) is 0.603. The first-order chi connectivity index (χ1) is 8.84. The molecule has 0 amide bonds. The molecule has 0 saturated carbocycles. The number of aromatic nitrogens is 2. The van der Waals surface area contributed by atoms with Crippen molar-refractivity contribution in [1.29, 1.82) is 0 Å². The van der Waals surface area contributed by atoms with Crippen LogP contribution in [0.3, 0.4) is 0 Å². The first-order valence-electron chi connectivity index (χ1n) is 6.26. The molecule has 3 N–H and O–H groups in total. The van der Waals surface area contributed by atoms with Gasteiger partial charge >= 0.3 is 10.4 Å². The third-order valence-corrected chi connectivity index (χ3v) is 3.89. The van der Waals surface area contributed by atoms with Crippen LogP contribution in [0.2, 0.25) is 0 Å². The molecule has 2 aliphatic rings. The minimum absolute atomic E-state index is 0.772. The van der Waals surface area contributed by atoms with Crippen molar-refractivity contribution in [3.8, 4) is 0 Å². The molecule has 1 aliphatic carbocycles. The Morgan fingerprint density at radius 3 is 2.79 bits per heavy atom. The number of likely N-dealkylation sites (N-methyl/N-ethyl adjacent to an activating group) is 1. The van der Waals surface area contributed by atoms with Crippen LogP contribution >= 0.6 is 0 Å². The van der Waals surface area contributed by atoms with Crippen molar-refractivity contribution in [2.75, 3.05) is 13.6 Å². The molecule has 1 aliphatic heterocycles. The lowest BCUT2D eigenvalue weighted by atomic mass is 9.78. The lowest BCUT2D eigenvalue weighted by Gasteiger charge is -2.41. The van der Waals surface area contributed by atoms with Gasteiger partial charge in [-0.2, -0.15) is 13.5 Å². The van der Waals surface area contributed by atoms with Crippen LogP contribution in [0, 0.1) is 5.92 Å². The average Bonchev–Trinajstić information content (AvgIpc) is 2.72. The van der Waals surface area contributed by atoms with Gasteiger partial charge in [-0.3, -0.25) is 14.2 Å². The number of hydrogen-bond donors (Lipinski definition) is 3. The molecule has 0 bridgehead atoms. The number of piperidine rings is 1. The Balaban J connectivity index is 0.000000232. The topological polar surface area (TPSA) is 107 Å². The van der Waals surface area contributed by atoms with Crippen molar-refractivity contribution >= 4 is 10.4 Å². The van der Waals surface area contributed by atoms with Crippen LogP contribution in [0.15, 0.2) is 6.20 Å². The highest BCUT2D eigenvalue weighted by atomic mass is 32.3. The number of nitrogens with one attached hydrogen (secondary N) is 1. The number of rotatable bonds is 0. The van der Waals surface area contributed by atoms with Gasteiger partial charge in [0.1, 0.15) is 0 Å². The van der Waals surface area contributed by atoms with Crippen LogP contribution in [0.4, 0.5) is 0 Å². The first kappa shape index (κ1) is 14.4. The van der Waals surface area contributed by atoms with E-state index >= 15 is 0 Å². The van der Waals surface area contributed by atoms with Gasteiger partial charge in [-0.1, -0.05) is 0 Å². The smallest absolute Gasteiger partial charge is 0.303 e. The van der Waals surface area contributed by atoms with Crippen LogP contribution < -0.4 is 0 Å². The van der Waals surface area contributed by atoms with Gasteiger partial charge in [0.2, 0.25) is 0 Å². The molecule has 1 aromatic heterocycles. The van der Waals surface area contributed by atoms with Crippen molar-refractivity contribution in [1.82, 2.24) is 15.1 Å². The highest BCUT2D eigenvalue weighted by Crippen LogP contribution is 2.33. The zero-order valence-corrected chi connectivity index (χ0v) is 11.6. The van der Waals surface area contributed by atoms with E-state index < -0.39 is 10.4 Å². The molecule has 7 nitrogen and oxygen atoms in total. The monoisotopic (exact) mass is 289 g/mol. The molecule has 108 valence electrons. The first-order valence-corrected chi connectivity index (χ1v) is 7.66. The van der Waals surface area contributed by atoms with Crippen molar-refractivity contribution in [2.24, 2.45) is 5.92 Å². The number of hydrogen-bond acceptors (Lipinski definition) is 4. The van der Waals surface area contributed by atoms with E-state index in [1.165, 1.54) is 43.5 Å². The second kappa shape index (κ2) is 5.58. The molecule has 0 unspecified atom stereocenters. The summed E-state index contributed by atoms with van der Waals surface area (Å²) in [4.78, 5) is 2.53. The Hall–Kier alpha value is -0.960. The van der Waals surface area contributed by atoms with Gasteiger partial charge in [0.05, 0.1) is 5.69 Å². The van der Waals surface area contributed by atoms with Crippen molar-refractivity contribution in [3.05, 3.63) is 17.5 Å². The van der Waals surface area contributed by atoms with E-state index in [0.29, 0.717) is 0 Å². The molecule has 1 saturated heterocycles. The average molecular weight is 289 g/mol. The van der Waals surface area contributed by atoms with E-state index in [2.05, 4.69) is 28.3 Å². The summed E-state index contributed by atoms with van der Waals surface area (Å²) < 4.78 is 31.6. The normalized spacial score (nSPS) is 26.9. The maximum absolute atomic E-state index is 8.74. The molecule has 0 spiro atoms. The van der Waals surface area contributed by atoms with Crippen molar-refractivity contribution in [2.45, 2.75) is 31.7 Å². The Bertz CT molecular complexity index is 520. The Kier molecular flexibility index (Phi) is 4.24. The molecule has 2 atom stereocenters. The van der Waals surface area contributed by atoms with Crippen LogP contribution in [-0.4, -0.2) is 52.3 Å². The summed E-state index contributed by atoms with van der Waals surface area (Å²) in [6, 6.07) is 0.772. The van der Waals surface area contributed by atoms with Gasteiger partial charge in [-0.15, -0.1) is 0 Å². The predicted octanol–water partition coefficient (Wildman–Crippen LogP) is 0.566. The SMILES string of the molecule is CN1CCC[C@H]2Cc3n[nH]cc3C[C@@H]21.O=S(=O)(O)O. The Morgan fingerprint density at radius 2 is 2.11 bits per heavy atom. The molecule has 3 rings (SSSR count). The van der Waals surface area contributed by atoms with E-state index in [4.69, 9.17) is 17.5 Å². The number of nitrogens with zero attached hydrogens (tertiary/aromatic N) is 2. The molecule has 0 radical (unpaired) electrons. The summed E-state index contributed by atoms with van der Waals surface area (Å²) in [5.74, 6) is 0.851. The number of fused-ring (bicyclic) bond motifs is 2. The van der Waals surface area contributed by atoms with E-state index in [1.807, 2.05) is 0 Å². The Morgan fingerprint density at radius 1 is 1.42 bits per heavy atom. The molecular formula is C11H19N3O4S. The second-order valence-electron chi connectivity index (χ2n) is 5.16. The molecule has 1 aromatic rings. The van der Waals surface area contributed by atoms with E-state index in [0.717, 1.165) is 12.0 Å². The molecule has 19 heavy (non-hydrogen) atoms. The zero-order chi connectivity index (χ0) is 14.0. The number of H-pyrrole nitrogens is 1. The maximum Gasteiger partial charge on any atom is 0.394 e. The van der Waals surface area contributed by atoms with Crippen LogP contribution in [0.25, 0.3) is 0 Å². The highest BCUT2D eigenvalue weighted by molar-refractivity contribution is 7.79. The summed E-state index contributed by atoms with van der Waals surface area (Å²) in [7, 11) is -2.40. The van der Waals surface area contributed by atoms with Gasteiger partial charge in [0, 0.05) is 12.2 Å². The molecular weight excluding hydrogens is 270 g/mol. The minimum atomic E-state index is -4.67. The summed E-state index contributed by atoms with van der Waals surface area (Å²) in [6.45, 7) is 1.27. The molecule has 1 fully saturated rings. The largest absolute Gasteiger partial charge is 0.394 e. The van der Waals surface area contributed by atoms with Gasteiger partial charge < -0.3 is 4.90 Å². The fourth-order valence-corrected chi connectivity index (χ4v) is 3.05. The molecule has 8 heteroatoms. The number of aromatic amines is 1. The predicted molar refractivity (Wildman–Crippen MR) is 69.3 cm³/mol. The summed E-state index contributed by atoms with van der Waals surface area (Å²) in [5.41, 5.74) is 2.77. The fraction of sp³-hybridized carbons (Fsp3) is 0.727. The Labute approximate surface area is 112 Å². The van der Waals surface area contributed by atoms with Gasteiger partial charge in [-0.05, 0) is 50.8 Å². The summed E-state index contributed by atoms with van der Waals surface area (Å²) in [6.07, 6.45) is 7.22. The van der Waals surface area contributed by atoms with Crippen molar-refractivity contribution in [3.63, 3.8) is 0 Å². The van der Waals surface area contributed by atoms with Gasteiger partial charge in [-0.25, -0.2) is 0 Å². The lowest BCUT2D eigenvalue weighted by Crippen LogP contribution is -2.46. The second-order valence-corrected chi connectivity index (χ2v) is 6.06. The number of likely N-dealkylation sites (tertiary alicyclic amines) is 1. The fourth-order valence-electron chi connectivity index (χ4n) is 3.05. The van der Waals surface area contributed by atoms with E-state index in [9.17, 15) is 0 Å². The van der Waals surface area contributed by atoms with Gasteiger partial charge in [0.25, 0.3) is 0 Å². The molecule has 0 aromatic carbocycles. The van der Waals surface area contributed by atoms with Crippen LogP contribution in [0.5, 0.6) is 0 Å². The third kappa shape index (κ3) is 4.00. The maximum atomic E-state index is 8.74. The van der Waals surface area contributed by atoms with E-state index in [-0.39, 0.29) is 0 Å². The van der Waals surface area contributed by atoms with Crippen LogP contribution in [-0.2, 0) is 23.2 Å². The van der Waals surface area contributed by atoms with Crippen molar-refractivity contribution < 1.29 is 17.5 Å². The van der Waals surface area contributed by atoms with Crippen LogP contribution in [0.1, 0.15) is 24.1 Å². The van der Waals surface area contributed by atoms with Gasteiger partial charge in [0.15, 0.2) is 0 Å². The summed E-state index contributed by atoms with van der Waals surface area (Å²) in [5, 5.41) is 7.33.